The molecule has 6 nitrogen and oxygen atoms in total. The van der Waals surface area contributed by atoms with Crippen molar-refractivity contribution in [2.45, 2.75) is 33.3 Å². The van der Waals surface area contributed by atoms with Crippen LogP contribution in [0.25, 0.3) is 0 Å². The number of carbonyl (C=O) groups excluding carboxylic acids is 2. The summed E-state index contributed by atoms with van der Waals surface area (Å²) in [5, 5.41) is 2.36. The molecule has 0 saturated carbocycles. The average Bonchev–Trinajstić information content (AvgIpc) is 2.66. The lowest BCUT2D eigenvalue weighted by atomic mass is 10.0. The Morgan fingerprint density at radius 3 is 2.45 bits per heavy atom. The number of amides is 1. The number of benzene rings is 2. The molecule has 0 aliphatic heterocycles. The monoisotopic (exact) mass is 407 g/mol. The van der Waals surface area contributed by atoms with E-state index in [2.05, 4.69) is 10.1 Å². The molecular weight excluding hydrogens is 384 g/mol. The molecule has 0 aliphatic rings. The number of aryl methyl sites for hydroxylation is 1. The molecule has 0 spiro atoms. The van der Waals surface area contributed by atoms with Gasteiger partial charge in [0.1, 0.15) is 11.5 Å². The van der Waals surface area contributed by atoms with Crippen molar-refractivity contribution in [3.8, 4) is 11.5 Å². The van der Waals surface area contributed by atoms with Gasteiger partial charge in [0.2, 0.25) is 0 Å². The third-order valence-corrected chi connectivity index (χ3v) is 3.97. The van der Waals surface area contributed by atoms with Crippen molar-refractivity contribution in [2.75, 3.05) is 18.5 Å². The largest absolute Gasteiger partial charge is 0.482 e. The number of hydrogen-bond donors (Lipinski definition) is 1. The lowest BCUT2D eigenvalue weighted by molar-refractivity contribution is -0.149. The molecule has 0 unspecified atom stereocenters. The van der Waals surface area contributed by atoms with E-state index >= 15 is 0 Å². The Hall–Kier alpha value is -3.16. The first kappa shape index (κ1) is 22.1. The van der Waals surface area contributed by atoms with Gasteiger partial charge in [-0.25, -0.2) is 4.79 Å². The van der Waals surface area contributed by atoms with Gasteiger partial charge in [-0.3, -0.25) is 4.79 Å². The molecule has 2 rings (SSSR count). The molecule has 1 amide bonds. The minimum atomic E-state index is -3.03. The minimum Gasteiger partial charge on any atom is -0.482 e. The molecule has 0 fully saturated rings. The average molecular weight is 407 g/mol. The Morgan fingerprint density at radius 1 is 1.03 bits per heavy atom. The van der Waals surface area contributed by atoms with Crippen molar-refractivity contribution in [2.24, 2.45) is 0 Å². The van der Waals surface area contributed by atoms with Crippen LogP contribution in [0.2, 0.25) is 0 Å². The summed E-state index contributed by atoms with van der Waals surface area (Å²) in [5.74, 6) is -0.736. The molecule has 0 radical (unpaired) electrons. The Bertz CT molecular complexity index is 855. The van der Waals surface area contributed by atoms with E-state index in [0.29, 0.717) is 11.7 Å². The molecule has 0 atom stereocenters. The maximum absolute atomic E-state index is 12.4. The van der Waals surface area contributed by atoms with Crippen LogP contribution in [0.15, 0.2) is 42.5 Å². The van der Waals surface area contributed by atoms with Crippen molar-refractivity contribution in [1.29, 1.82) is 0 Å². The second-order valence-electron chi connectivity index (χ2n) is 6.55. The predicted octanol–water partition coefficient (Wildman–Crippen LogP) is 4.28. The summed E-state index contributed by atoms with van der Waals surface area (Å²) in [6.07, 6.45) is 0. The Morgan fingerprint density at radius 2 is 1.76 bits per heavy atom. The van der Waals surface area contributed by atoms with Gasteiger partial charge >= 0.3 is 12.6 Å². The molecule has 0 bridgehead atoms. The second kappa shape index (κ2) is 10.4. The summed E-state index contributed by atoms with van der Waals surface area (Å²) >= 11 is 0. The quantitative estimate of drug-likeness (QED) is 0.628. The molecule has 2 aromatic carbocycles. The minimum absolute atomic E-state index is 0.0474. The summed E-state index contributed by atoms with van der Waals surface area (Å²) in [6, 6.07) is 11.5. The zero-order valence-electron chi connectivity index (χ0n) is 16.4. The van der Waals surface area contributed by atoms with Gasteiger partial charge in [0.15, 0.2) is 13.2 Å². The van der Waals surface area contributed by atoms with Crippen LogP contribution in [0.4, 0.5) is 14.5 Å². The Balaban J connectivity index is 1.84. The van der Waals surface area contributed by atoms with E-state index in [-0.39, 0.29) is 18.0 Å². The predicted molar refractivity (Wildman–Crippen MR) is 103 cm³/mol. The van der Waals surface area contributed by atoms with E-state index in [4.69, 9.17) is 9.47 Å². The number of para-hydroxylation sites is 2. The number of carbonyl (C=O) groups is 2. The maximum atomic E-state index is 12.4. The van der Waals surface area contributed by atoms with Crippen molar-refractivity contribution in [1.82, 2.24) is 0 Å². The third-order valence-electron chi connectivity index (χ3n) is 3.97. The molecule has 0 saturated heterocycles. The van der Waals surface area contributed by atoms with E-state index in [9.17, 15) is 18.4 Å². The second-order valence-corrected chi connectivity index (χ2v) is 6.55. The lowest BCUT2D eigenvalue weighted by Crippen LogP contribution is -2.24. The Kier molecular flexibility index (Phi) is 7.94. The first-order valence-electron chi connectivity index (χ1n) is 8.99. The van der Waals surface area contributed by atoms with Gasteiger partial charge in [-0.1, -0.05) is 38.1 Å². The molecule has 0 aromatic heterocycles. The van der Waals surface area contributed by atoms with E-state index in [0.717, 1.165) is 11.1 Å². The first-order valence-corrected chi connectivity index (χ1v) is 8.99. The van der Waals surface area contributed by atoms with Crippen LogP contribution in [0.5, 0.6) is 11.5 Å². The number of alkyl halides is 2. The van der Waals surface area contributed by atoms with Crippen LogP contribution in [-0.2, 0) is 14.3 Å². The molecule has 2 aromatic rings. The van der Waals surface area contributed by atoms with Crippen molar-refractivity contribution >= 4 is 17.6 Å². The number of esters is 1. The van der Waals surface area contributed by atoms with E-state index in [1.54, 1.807) is 6.07 Å². The van der Waals surface area contributed by atoms with Crippen LogP contribution in [0.3, 0.4) is 0 Å². The van der Waals surface area contributed by atoms with Gasteiger partial charge in [0.25, 0.3) is 5.91 Å². The van der Waals surface area contributed by atoms with E-state index < -0.39 is 25.1 Å². The number of ether oxygens (including phenoxy) is 3. The van der Waals surface area contributed by atoms with Gasteiger partial charge in [-0.15, -0.1) is 0 Å². The summed E-state index contributed by atoms with van der Waals surface area (Å²) in [7, 11) is 0. The molecular formula is C21H23F2NO5. The summed E-state index contributed by atoms with van der Waals surface area (Å²) in [5.41, 5.74) is 1.99. The van der Waals surface area contributed by atoms with Gasteiger partial charge in [-0.05, 0) is 42.2 Å². The van der Waals surface area contributed by atoms with Crippen molar-refractivity contribution in [3.05, 3.63) is 53.6 Å². The van der Waals surface area contributed by atoms with Crippen molar-refractivity contribution in [3.63, 3.8) is 0 Å². The SMILES string of the molecule is Cc1ccc(C(C)C)cc1OCC(=O)OCC(=O)Nc1ccccc1OC(F)F. The highest BCUT2D eigenvalue weighted by Gasteiger charge is 2.14. The standard InChI is InChI=1S/C21H23F2NO5/c1-13(2)15-9-8-14(3)18(10-15)27-12-20(26)28-11-19(25)24-16-6-4-5-7-17(16)29-21(22)23/h4-10,13,21H,11-12H2,1-3H3,(H,24,25). The normalized spacial score (nSPS) is 10.7. The maximum Gasteiger partial charge on any atom is 0.387 e. The van der Waals surface area contributed by atoms with Gasteiger partial charge in [0, 0.05) is 0 Å². The smallest absolute Gasteiger partial charge is 0.387 e. The highest BCUT2D eigenvalue weighted by Crippen LogP contribution is 2.26. The van der Waals surface area contributed by atoms with Gasteiger partial charge in [0.05, 0.1) is 5.69 Å². The van der Waals surface area contributed by atoms with Crippen LogP contribution >= 0.6 is 0 Å². The highest BCUT2D eigenvalue weighted by molar-refractivity contribution is 5.94. The van der Waals surface area contributed by atoms with Gasteiger partial charge in [-0.2, -0.15) is 8.78 Å². The molecule has 8 heteroatoms. The van der Waals surface area contributed by atoms with Crippen LogP contribution in [0.1, 0.15) is 30.9 Å². The molecule has 156 valence electrons. The van der Waals surface area contributed by atoms with Crippen LogP contribution in [0, 0.1) is 6.92 Å². The zero-order chi connectivity index (χ0) is 21.4. The fraction of sp³-hybridized carbons (Fsp3) is 0.333. The summed E-state index contributed by atoms with van der Waals surface area (Å²) < 4.78 is 39.5. The number of halogens is 2. The summed E-state index contributed by atoms with van der Waals surface area (Å²) in [4.78, 5) is 23.8. The van der Waals surface area contributed by atoms with Gasteiger partial charge < -0.3 is 19.5 Å². The fourth-order valence-corrected chi connectivity index (χ4v) is 2.41. The number of hydrogen-bond acceptors (Lipinski definition) is 5. The number of rotatable bonds is 9. The summed E-state index contributed by atoms with van der Waals surface area (Å²) in [6.45, 7) is 1.98. The molecule has 1 N–H and O–H groups in total. The first-order chi connectivity index (χ1) is 13.8. The Labute approximate surface area is 167 Å². The highest BCUT2D eigenvalue weighted by atomic mass is 19.3. The topological polar surface area (TPSA) is 73.9 Å². The molecule has 29 heavy (non-hydrogen) atoms. The fourth-order valence-electron chi connectivity index (χ4n) is 2.41. The number of anilines is 1. The van der Waals surface area contributed by atoms with E-state index in [1.165, 1.54) is 18.2 Å². The molecule has 0 aliphatic carbocycles. The van der Waals surface area contributed by atoms with Crippen molar-refractivity contribution < 1.29 is 32.6 Å². The van der Waals surface area contributed by atoms with Crippen LogP contribution < -0.4 is 14.8 Å². The zero-order valence-corrected chi connectivity index (χ0v) is 16.4. The molecule has 0 heterocycles. The lowest BCUT2D eigenvalue weighted by Gasteiger charge is -2.13. The number of nitrogens with one attached hydrogen (secondary N) is 1. The van der Waals surface area contributed by atoms with E-state index in [1.807, 2.05) is 39.0 Å². The third kappa shape index (κ3) is 7.06. The van der Waals surface area contributed by atoms with Crippen LogP contribution in [-0.4, -0.2) is 31.7 Å².